The number of carboxylic acids is 1. The first kappa shape index (κ1) is 50.0. The number of carboxylic acid groups (broad SMARTS) is 1. The van der Waals surface area contributed by atoms with E-state index in [1.807, 2.05) is 110 Å². The number of rotatable bonds is 15. The van der Waals surface area contributed by atoms with E-state index in [9.17, 15) is 27.6 Å². The molecule has 2 aromatic carbocycles. The van der Waals surface area contributed by atoms with E-state index >= 15 is 0 Å². The SMILES string of the molecule is C.CC.CC.CC(C)(C)C(c1cc(-c2cc(F)ccc2F)cn1Cc1ccccc1)N(C=O)CCC(N)CF.CC(C)C(C)C(CC(=O)O)C(N)=O. The zero-order valence-corrected chi connectivity index (χ0v) is 32.1. The van der Waals surface area contributed by atoms with Gasteiger partial charge in [0.05, 0.1) is 18.4 Å². The molecular formula is C41H65F3N4O4. The highest BCUT2D eigenvalue weighted by atomic mass is 19.1. The molecule has 52 heavy (non-hydrogen) atoms. The summed E-state index contributed by atoms with van der Waals surface area (Å²) in [5, 5.41) is 8.56. The predicted molar refractivity (Wildman–Crippen MR) is 207 cm³/mol. The fourth-order valence-electron chi connectivity index (χ4n) is 5.49. The van der Waals surface area contributed by atoms with Gasteiger partial charge in [-0.3, -0.25) is 14.4 Å². The first-order valence-electron chi connectivity index (χ1n) is 17.7. The first-order valence-corrected chi connectivity index (χ1v) is 17.7. The summed E-state index contributed by atoms with van der Waals surface area (Å²) in [6.07, 6.45) is 2.68. The Bertz CT molecular complexity index is 1460. The van der Waals surface area contributed by atoms with E-state index in [2.05, 4.69) is 0 Å². The minimum absolute atomic E-state index is 0. The van der Waals surface area contributed by atoms with Crippen molar-refractivity contribution in [2.24, 2.45) is 34.6 Å². The highest BCUT2D eigenvalue weighted by Gasteiger charge is 2.34. The average Bonchev–Trinajstić information content (AvgIpc) is 3.49. The Morgan fingerprint density at radius 2 is 1.56 bits per heavy atom. The number of carbonyl (C=O) groups excluding carboxylic acids is 2. The van der Waals surface area contributed by atoms with Crippen molar-refractivity contribution in [2.45, 2.75) is 108 Å². The van der Waals surface area contributed by atoms with Gasteiger partial charge >= 0.3 is 5.97 Å². The van der Waals surface area contributed by atoms with Gasteiger partial charge in [0.1, 0.15) is 18.3 Å². The summed E-state index contributed by atoms with van der Waals surface area (Å²) in [5.74, 6) is -2.85. The molecule has 8 nitrogen and oxygen atoms in total. The van der Waals surface area contributed by atoms with E-state index in [1.165, 1.54) is 6.07 Å². The number of halogens is 3. The summed E-state index contributed by atoms with van der Waals surface area (Å²) in [6, 6.07) is 13.9. The van der Waals surface area contributed by atoms with E-state index in [0.29, 0.717) is 18.5 Å². The molecule has 11 heteroatoms. The van der Waals surface area contributed by atoms with E-state index in [4.69, 9.17) is 16.6 Å². The third kappa shape index (κ3) is 16.0. The molecule has 0 bridgehead atoms. The number of aromatic nitrogens is 1. The lowest BCUT2D eigenvalue weighted by Crippen LogP contribution is -2.40. The summed E-state index contributed by atoms with van der Waals surface area (Å²) in [5.41, 5.74) is 12.9. The van der Waals surface area contributed by atoms with Gasteiger partial charge in [-0.2, -0.15) is 0 Å². The minimum atomic E-state index is -0.976. The normalized spacial score (nSPS) is 12.9. The van der Waals surface area contributed by atoms with Crippen LogP contribution in [0.15, 0.2) is 60.8 Å². The molecule has 4 unspecified atom stereocenters. The number of aliphatic carboxylic acids is 1. The Kier molecular flexibility index (Phi) is 24.0. The molecule has 1 aromatic heterocycles. The number of alkyl halides is 1. The standard InChI is InChI=1S/C27H32F3N3O.C9H17NO3.2C2H6.CH4/c1-27(2,3)26(32(18-34)12-11-22(31)15-28)25-13-20(23-14-21(29)9-10-24(23)30)17-33(25)16-19-7-5-4-6-8-19;1-5(2)6(3)7(9(10)13)4-8(11)12;2*1-2;/h4-10,13-14,17-18,22,26H,11-12,15-16,31H2,1-3H3;5-7H,4H2,1-3H3,(H2,10,13)(H,11,12);2*1-2H3;1H4. The number of primary amides is 1. The van der Waals surface area contributed by atoms with Crippen LogP contribution in [-0.4, -0.2) is 52.1 Å². The largest absolute Gasteiger partial charge is 0.481 e. The Morgan fingerprint density at radius 1 is 0.981 bits per heavy atom. The van der Waals surface area contributed by atoms with Gasteiger partial charge in [-0.25, -0.2) is 13.2 Å². The average molecular weight is 735 g/mol. The Morgan fingerprint density at radius 3 is 2.02 bits per heavy atom. The van der Waals surface area contributed by atoms with Crippen molar-refractivity contribution >= 4 is 18.3 Å². The van der Waals surface area contributed by atoms with Crippen LogP contribution in [0.1, 0.15) is 107 Å². The summed E-state index contributed by atoms with van der Waals surface area (Å²) in [4.78, 5) is 35.2. The highest BCUT2D eigenvalue weighted by Crippen LogP contribution is 2.40. The lowest BCUT2D eigenvalue weighted by molar-refractivity contribution is -0.141. The lowest BCUT2D eigenvalue weighted by Gasteiger charge is -2.39. The second-order valence-electron chi connectivity index (χ2n) is 13.4. The molecule has 0 fully saturated rings. The molecule has 3 rings (SSSR count). The van der Waals surface area contributed by atoms with Crippen molar-refractivity contribution in [3.05, 3.63) is 83.7 Å². The molecule has 0 aliphatic rings. The van der Waals surface area contributed by atoms with Crippen molar-refractivity contribution in [2.75, 3.05) is 13.2 Å². The third-order valence-corrected chi connectivity index (χ3v) is 8.34. The number of nitrogens with zero attached hydrogens (tertiary/aromatic N) is 2. The van der Waals surface area contributed by atoms with Crippen LogP contribution in [0.4, 0.5) is 13.2 Å². The molecule has 0 saturated heterocycles. The van der Waals surface area contributed by atoms with E-state index in [-0.39, 0.29) is 37.8 Å². The molecule has 3 aromatic rings. The van der Waals surface area contributed by atoms with E-state index in [1.54, 1.807) is 11.1 Å². The molecule has 0 spiro atoms. The molecule has 4 atom stereocenters. The molecule has 1 heterocycles. The van der Waals surface area contributed by atoms with Crippen LogP contribution in [0.3, 0.4) is 0 Å². The summed E-state index contributed by atoms with van der Waals surface area (Å²) < 4.78 is 43.5. The fraction of sp³-hybridized carbons (Fsp3) is 0.537. The number of benzene rings is 2. The van der Waals surface area contributed by atoms with Gasteiger partial charge in [-0.05, 0) is 53.5 Å². The van der Waals surface area contributed by atoms with Gasteiger partial charge < -0.3 is 26.0 Å². The van der Waals surface area contributed by atoms with Gasteiger partial charge in [0, 0.05) is 42.1 Å². The van der Waals surface area contributed by atoms with Crippen LogP contribution in [0.2, 0.25) is 0 Å². The van der Waals surface area contributed by atoms with Crippen molar-refractivity contribution in [1.82, 2.24) is 9.47 Å². The molecule has 294 valence electrons. The molecule has 0 saturated carbocycles. The van der Waals surface area contributed by atoms with Gasteiger partial charge in [0.2, 0.25) is 12.3 Å². The Balaban J connectivity index is 0. The molecule has 0 radical (unpaired) electrons. The van der Waals surface area contributed by atoms with E-state index in [0.717, 1.165) is 29.8 Å². The topological polar surface area (TPSA) is 132 Å². The maximum atomic E-state index is 14.6. The number of amides is 2. The highest BCUT2D eigenvalue weighted by molar-refractivity contribution is 5.82. The Hall–Kier alpha value is -4.12. The van der Waals surface area contributed by atoms with Crippen LogP contribution in [0.5, 0.6) is 0 Å². The van der Waals surface area contributed by atoms with Crippen molar-refractivity contribution in [3.63, 3.8) is 0 Å². The van der Waals surface area contributed by atoms with Crippen LogP contribution < -0.4 is 11.5 Å². The number of carbonyl (C=O) groups is 3. The Labute approximate surface area is 310 Å². The van der Waals surface area contributed by atoms with Gasteiger partial charge in [-0.15, -0.1) is 0 Å². The lowest BCUT2D eigenvalue weighted by atomic mass is 9.82. The van der Waals surface area contributed by atoms with Crippen molar-refractivity contribution in [3.8, 4) is 11.1 Å². The zero-order chi connectivity index (χ0) is 39.5. The molecule has 0 aliphatic heterocycles. The van der Waals surface area contributed by atoms with Gasteiger partial charge in [0.15, 0.2) is 0 Å². The fourth-order valence-corrected chi connectivity index (χ4v) is 5.49. The summed E-state index contributed by atoms with van der Waals surface area (Å²) in [7, 11) is 0. The van der Waals surface area contributed by atoms with E-state index < -0.39 is 53.6 Å². The number of hydrogen-bond acceptors (Lipinski definition) is 4. The second-order valence-corrected chi connectivity index (χ2v) is 13.4. The summed E-state index contributed by atoms with van der Waals surface area (Å²) >= 11 is 0. The first-order chi connectivity index (χ1) is 24.0. The van der Waals surface area contributed by atoms with Crippen LogP contribution in [0, 0.1) is 34.8 Å². The monoisotopic (exact) mass is 734 g/mol. The van der Waals surface area contributed by atoms with Crippen molar-refractivity contribution in [1.29, 1.82) is 0 Å². The van der Waals surface area contributed by atoms with Crippen LogP contribution in [-0.2, 0) is 20.9 Å². The number of nitrogens with two attached hydrogens (primary N) is 2. The molecular weight excluding hydrogens is 669 g/mol. The second kappa shape index (κ2) is 25.0. The van der Waals surface area contributed by atoms with Gasteiger partial charge in [0.25, 0.3) is 0 Å². The predicted octanol–water partition coefficient (Wildman–Crippen LogP) is 9.26. The molecule has 5 N–H and O–H groups in total. The van der Waals surface area contributed by atoms with Crippen LogP contribution >= 0.6 is 0 Å². The zero-order valence-electron chi connectivity index (χ0n) is 32.1. The molecule has 2 amide bonds. The van der Waals surface area contributed by atoms with Gasteiger partial charge in [-0.1, -0.05) is 107 Å². The summed E-state index contributed by atoms with van der Waals surface area (Å²) in [6.45, 7) is 19.9. The smallest absolute Gasteiger partial charge is 0.304 e. The quantitative estimate of drug-likeness (QED) is 0.134. The third-order valence-electron chi connectivity index (χ3n) is 8.34. The van der Waals surface area contributed by atoms with Crippen molar-refractivity contribution < 1.29 is 32.7 Å². The number of hydrogen-bond donors (Lipinski definition) is 3. The minimum Gasteiger partial charge on any atom is -0.481 e. The molecule has 0 aliphatic carbocycles. The van der Waals surface area contributed by atoms with Crippen LogP contribution in [0.25, 0.3) is 11.1 Å². The maximum Gasteiger partial charge on any atom is 0.304 e. The maximum absolute atomic E-state index is 14.6.